The van der Waals surface area contributed by atoms with Crippen LogP contribution >= 0.6 is 7.60 Å². The van der Waals surface area contributed by atoms with Gasteiger partial charge in [0, 0.05) is 5.66 Å². The Hall–Kier alpha value is 1.15. The van der Waals surface area contributed by atoms with Crippen LogP contribution in [0.1, 0.15) is 20.3 Å². The summed E-state index contributed by atoms with van der Waals surface area (Å²) in [5, 5.41) is 0. The maximum Gasteiger partial charge on any atom is 1.00 e. The largest absolute Gasteiger partial charge is 1.00 e. The summed E-state index contributed by atoms with van der Waals surface area (Å²) in [7, 11) is -4.01. The van der Waals surface area contributed by atoms with E-state index in [1.807, 2.05) is 0 Å². The molecule has 0 aliphatic rings. The molecule has 0 aliphatic heterocycles. The van der Waals surface area contributed by atoms with Gasteiger partial charge in [0.1, 0.15) is 7.60 Å². The van der Waals surface area contributed by atoms with E-state index in [2.05, 4.69) is 0 Å². The van der Waals surface area contributed by atoms with E-state index in [1.54, 1.807) is 6.92 Å². The predicted molar refractivity (Wildman–Crippen MR) is 29.6 cm³/mol. The zero-order valence-corrected chi connectivity index (χ0v) is 8.89. The summed E-state index contributed by atoms with van der Waals surface area (Å²) in [6, 6.07) is 0. The maximum atomic E-state index is 10.1. The fraction of sp³-hybridized carbons (Fsp3) is 1.00. The molecule has 1 N–H and O–H groups in total. The zero-order chi connectivity index (χ0) is 6.78. The van der Waals surface area contributed by atoms with Crippen LogP contribution in [0.25, 0.3) is 0 Å². The number of hydrogen-bond acceptors (Lipinski definition) is 2. The van der Waals surface area contributed by atoms with E-state index in [0.717, 1.165) is 0 Å². The zero-order valence-electron chi connectivity index (χ0n) is 6.00. The van der Waals surface area contributed by atoms with Crippen LogP contribution in [0.5, 0.6) is 0 Å². The van der Waals surface area contributed by atoms with Gasteiger partial charge in [-0.15, -0.1) is 0 Å². The Morgan fingerprint density at radius 3 is 2.11 bits per heavy atom. The average molecular weight is 160 g/mol. The Kier molecular flexibility index (Phi) is 6.95. The summed E-state index contributed by atoms with van der Waals surface area (Å²) < 4.78 is 10.1. The molecule has 0 saturated heterocycles. The maximum absolute atomic E-state index is 10.1. The van der Waals surface area contributed by atoms with Gasteiger partial charge < -0.3 is 14.4 Å². The Morgan fingerprint density at radius 1 is 1.78 bits per heavy atom. The third kappa shape index (κ3) is 5.59. The van der Waals surface area contributed by atoms with Crippen LogP contribution in [0.2, 0.25) is 0 Å². The molecular formula is C4H10NaO3P. The van der Waals surface area contributed by atoms with E-state index in [4.69, 9.17) is 4.89 Å². The summed E-state index contributed by atoms with van der Waals surface area (Å²) in [5.41, 5.74) is -0.595. The molecule has 0 aromatic heterocycles. The van der Waals surface area contributed by atoms with Crippen LogP contribution in [-0.2, 0) is 4.57 Å². The molecular weight excluding hydrogens is 150 g/mol. The first kappa shape index (κ1) is 12.8. The molecule has 3 nitrogen and oxygen atoms in total. The van der Waals surface area contributed by atoms with Gasteiger partial charge in [0.05, 0.1) is 0 Å². The van der Waals surface area contributed by atoms with Gasteiger partial charge in [0.15, 0.2) is 0 Å². The van der Waals surface area contributed by atoms with E-state index in [0.29, 0.717) is 6.42 Å². The molecule has 0 amide bonds. The minimum Gasteiger partial charge on any atom is -0.778 e. The van der Waals surface area contributed by atoms with Crippen LogP contribution in [0, 0.1) is 0 Å². The molecule has 0 saturated carbocycles. The molecule has 2 unspecified atom stereocenters. The molecule has 0 radical (unpaired) electrons. The third-order valence-electron chi connectivity index (χ3n) is 1.15. The Labute approximate surface area is 77.3 Å². The van der Waals surface area contributed by atoms with Crippen molar-refractivity contribution < 1.29 is 43.9 Å². The van der Waals surface area contributed by atoms with Crippen LogP contribution in [0.3, 0.4) is 0 Å². The van der Waals surface area contributed by atoms with Crippen molar-refractivity contribution in [3.05, 3.63) is 0 Å². The molecule has 2 atom stereocenters. The topological polar surface area (TPSA) is 60.4 Å². The second-order valence-electron chi connectivity index (χ2n) is 1.82. The Balaban J connectivity index is 0. The number of hydrogen-bond donors (Lipinski definition) is 1. The molecule has 0 heterocycles. The molecule has 0 rings (SSSR count). The van der Waals surface area contributed by atoms with Gasteiger partial charge in [-0.05, 0) is 6.42 Å². The smallest absolute Gasteiger partial charge is 0.778 e. The summed E-state index contributed by atoms with van der Waals surface area (Å²) in [6.45, 7) is 3.19. The SMILES string of the molecule is CCC(C)P(=O)([O-])O.[Na+]. The van der Waals surface area contributed by atoms with E-state index >= 15 is 0 Å². The van der Waals surface area contributed by atoms with Gasteiger partial charge in [-0.25, -0.2) is 0 Å². The van der Waals surface area contributed by atoms with Gasteiger partial charge >= 0.3 is 29.6 Å². The fourth-order valence-electron chi connectivity index (χ4n) is 0.231. The molecule has 0 aliphatic carbocycles. The van der Waals surface area contributed by atoms with E-state index in [9.17, 15) is 9.46 Å². The standard InChI is InChI=1S/C4H11O3P.Na/c1-3-4(2)8(5,6)7;/h4H,3H2,1-2H3,(H2,5,6,7);/q;+1/p-1. The quantitative estimate of drug-likeness (QED) is 0.354. The molecule has 0 aromatic rings. The van der Waals surface area contributed by atoms with Gasteiger partial charge in [0.2, 0.25) is 0 Å². The van der Waals surface area contributed by atoms with Crippen molar-refractivity contribution in [1.29, 1.82) is 0 Å². The monoisotopic (exact) mass is 160 g/mol. The van der Waals surface area contributed by atoms with Gasteiger partial charge in [-0.1, -0.05) is 13.8 Å². The first-order valence-corrected chi connectivity index (χ1v) is 4.16. The fourth-order valence-corrected chi connectivity index (χ4v) is 0.692. The van der Waals surface area contributed by atoms with E-state index in [-0.39, 0.29) is 29.6 Å². The van der Waals surface area contributed by atoms with Crippen molar-refractivity contribution >= 4 is 7.60 Å². The van der Waals surface area contributed by atoms with Gasteiger partial charge in [-0.3, -0.25) is 0 Å². The van der Waals surface area contributed by atoms with Crippen LogP contribution < -0.4 is 34.5 Å². The van der Waals surface area contributed by atoms with Crippen LogP contribution in [-0.4, -0.2) is 10.6 Å². The minimum atomic E-state index is -4.01. The second-order valence-corrected chi connectivity index (χ2v) is 3.83. The van der Waals surface area contributed by atoms with E-state index < -0.39 is 13.3 Å². The summed E-state index contributed by atoms with van der Waals surface area (Å²) in [4.78, 5) is 18.4. The molecule has 9 heavy (non-hydrogen) atoms. The van der Waals surface area contributed by atoms with Crippen molar-refractivity contribution in [2.24, 2.45) is 0 Å². The normalized spacial score (nSPS) is 19.6. The first-order chi connectivity index (χ1) is 3.48. The Bertz CT molecular complexity index is 110. The predicted octanol–water partition coefficient (Wildman–Crippen LogP) is -2.67. The van der Waals surface area contributed by atoms with Gasteiger partial charge in [-0.2, -0.15) is 0 Å². The Morgan fingerprint density at radius 2 is 2.11 bits per heavy atom. The average Bonchev–Trinajstić information content (AvgIpc) is 1.62. The third-order valence-corrected chi connectivity index (χ3v) is 2.63. The van der Waals surface area contributed by atoms with E-state index in [1.165, 1.54) is 6.92 Å². The van der Waals surface area contributed by atoms with Crippen molar-refractivity contribution in [3.63, 3.8) is 0 Å². The molecule has 0 fully saturated rings. The van der Waals surface area contributed by atoms with Crippen LogP contribution in [0.15, 0.2) is 0 Å². The number of rotatable bonds is 2. The molecule has 50 valence electrons. The molecule has 0 bridgehead atoms. The summed E-state index contributed by atoms with van der Waals surface area (Å²) in [6.07, 6.45) is 0.470. The van der Waals surface area contributed by atoms with Crippen molar-refractivity contribution in [2.75, 3.05) is 0 Å². The second kappa shape index (κ2) is 4.89. The van der Waals surface area contributed by atoms with Crippen molar-refractivity contribution in [2.45, 2.75) is 25.9 Å². The summed E-state index contributed by atoms with van der Waals surface area (Å²) in [5.74, 6) is 0. The van der Waals surface area contributed by atoms with Crippen LogP contribution in [0.4, 0.5) is 0 Å². The van der Waals surface area contributed by atoms with Crippen molar-refractivity contribution in [3.8, 4) is 0 Å². The first-order valence-electron chi connectivity index (χ1n) is 2.52. The van der Waals surface area contributed by atoms with Crippen molar-refractivity contribution in [1.82, 2.24) is 0 Å². The molecule has 5 heteroatoms. The molecule has 0 spiro atoms. The minimum absolute atomic E-state index is 0. The van der Waals surface area contributed by atoms with Gasteiger partial charge in [0.25, 0.3) is 0 Å². The summed E-state index contributed by atoms with van der Waals surface area (Å²) >= 11 is 0. The molecule has 0 aromatic carbocycles.